The number of hydrogen-bond donors (Lipinski definition) is 0. The normalized spacial score (nSPS) is 13.5. The summed E-state index contributed by atoms with van der Waals surface area (Å²) in [5.41, 5.74) is 5.32. The quantitative estimate of drug-likeness (QED) is 0.507. The first-order valence-electron chi connectivity index (χ1n) is 6.34. The highest BCUT2D eigenvalue weighted by molar-refractivity contribution is 6.67. The van der Waals surface area contributed by atoms with Crippen LogP contribution < -0.4 is 4.90 Å². The molecule has 0 radical (unpaired) electrons. The molecule has 0 aromatic heterocycles. The maximum Gasteiger partial charge on any atom is 0.325 e. The number of para-hydroxylation sites is 1. The van der Waals surface area contributed by atoms with Crippen LogP contribution in [0.3, 0.4) is 0 Å². The van der Waals surface area contributed by atoms with Crippen LogP contribution in [0.4, 0.5) is 16.2 Å². The van der Waals surface area contributed by atoms with Gasteiger partial charge in [-0.1, -0.05) is 35.9 Å². The molecule has 1 aliphatic heterocycles. The maximum absolute atomic E-state index is 11.9. The third-order valence-electron chi connectivity index (χ3n) is 3.55. The van der Waals surface area contributed by atoms with Crippen LogP contribution in [-0.4, -0.2) is 5.37 Å². The minimum Gasteiger partial charge on any atom is -0.267 e. The van der Waals surface area contributed by atoms with Gasteiger partial charge in [0.2, 0.25) is 0 Å². The van der Waals surface area contributed by atoms with E-state index < -0.39 is 5.37 Å². The summed E-state index contributed by atoms with van der Waals surface area (Å²) in [5.74, 6) is 0. The summed E-state index contributed by atoms with van der Waals surface area (Å²) >= 11 is 5.81. The van der Waals surface area contributed by atoms with Crippen LogP contribution in [0.15, 0.2) is 42.5 Å². The van der Waals surface area contributed by atoms with Crippen molar-refractivity contribution in [2.75, 3.05) is 4.90 Å². The number of hydrogen-bond acceptors (Lipinski definition) is 1. The number of nitrogens with zero attached hydrogens (tertiary/aromatic N) is 1. The summed E-state index contributed by atoms with van der Waals surface area (Å²) in [7, 11) is 0. The number of amides is 1. The van der Waals surface area contributed by atoms with Crippen molar-refractivity contribution in [3.05, 3.63) is 59.2 Å². The molecule has 3 heteroatoms. The SMILES string of the molecule is Cc1ccc2c(c1)CCc1ccccc1N2C(=O)Cl. The molecule has 0 fully saturated rings. The van der Waals surface area contributed by atoms with Crippen molar-refractivity contribution in [2.45, 2.75) is 19.8 Å². The minimum absolute atomic E-state index is 0.459. The van der Waals surface area contributed by atoms with E-state index in [9.17, 15) is 4.79 Å². The van der Waals surface area contributed by atoms with Gasteiger partial charge >= 0.3 is 5.37 Å². The van der Waals surface area contributed by atoms with E-state index in [2.05, 4.69) is 19.1 Å². The minimum atomic E-state index is -0.459. The van der Waals surface area contributed by atoms with Crippen LogP contribution in [0.1, 0.15) is 16.7 Å². The average Bonchev–Trinajstić information content (AvgIpc) is 2.55. The van der Waals surface area contributed by atoms with Gasteiger partial charge in [-0.15, -0.1) is 0 Å². The van der Waals surface area contributed by atoms with E-state index in [1.54, 1.807) is 4.90 Å². The molecule has 2 aromatic carbocycles. The second kappa shape index (κ2) is 4.71. The van der Waals surface area contributed by atoms with Crippen LogP contribution >= 0.6 is 11.6 Å². The van der Waals surface area contributed by atoms with Crippen LogP contribution in [-0.2, 0) is 12.8 Å². The summed E-state index contributed by atoms with van der Waals surface area (Å²) in [4.78, 5) is 13.5. The van der Waals surface area contributed by atoms with Gasteiger partial charge < -0.3 is 0 Å². The van der Waals surface area contributed by atoms with Gasteiger partial charge in [-0.25, -0.2) is 0 Å². The van der Waals surface area contributed by atoms with Gasteiger partial charge in [-0.05, 0) is 54.6 Å². The first-order valence-corrected chi connectivity index (χ1v) is 6.71. The van der Waals surface area contributed by atoms with Gasteiger partial charge in [0.05, 0.1) is 11.4 Å². The Kier molecular flexibility index (Phi) is 3.03. The zero-order valence-corrected chi connectivity index (χ0v) is 11.4. The van der Waals surface area contributed by atoms with Crippen LogP contribution in [0, 0.1) is 6.92 Å². The molecule has 0 saturated carbocycles. The largest absolute Gasteiger partial charge is 0.325 e. The molecule has 0 bridgehead atoms. The van der Waals surface area contributed by atoms with Crippen molar-refractivity contribution in [1.29, 1.82) is 0 Å². The van der Waals surface area contributed by atoms with E-state index in [1.165, 1.54) is 11.1 Å². The number of rotatable bonds is 0. The number of carbonyl (C=O) groups is 1. The molecule has 0 N–H and O–H groups in total. The zero-order chi connectivity index (χ0) is 13.4. The number of carbonyl (C=O) groups excluding carboxylic acids is 1. The molecule has 96 valence electrons. The lowest BCUT2D eigenvalue weighted by Gasteiger charge is -2.22. The number of aryl methyl sites for hydroxylation is 3. The lowest BCUT2D eigenvalue weighted by atomic mass is 10.0. The molecule has 0 aliphatic carbocycles. The number of fused-ring (bicyclic) bond motifs is 2. The highest BCUT2D eigenvalue weighted by Crippen LogP contribution is 2.37. The predicted molar refractivity (Wildman–Crippen MR) is 78.4 cm³/mol. The second-order valence-electron chi connectivity index (χ2n) is 4.85. The lowest BCUT2D eigenvalue weighted by molar-refractivity contribution is 0.266. The molecule has 0 atom stereocenters. The molecule has 3 rings (SSSR count). The van der Waals surface area contributed by atoms with Crippen molar-refractivity contribution in [1.82, 2.24) is 0 Å². The Morgan fingerprint density at radius 3 is 2.53 bits per heavy atom. The number of anilines is 2. The molecule has 0 saturated heterocycles. The summed E-state index contributed by atoms with van der Waals surface area (Å²) in [5, 5.41) is -0.459. The van der Waals surface area contributed by atoms with Gasteiger partial charge in [0.25, 0.3) is 0 Å². The summed E-state index contributed by atoms with van der Waals surface area (Å²) in [6, 6.07) is 14.1. The Bertz CT molecular complexity index is 651. The van der Waals surface area contributed by atoms with E-state index in [-0.39, 0.29) is 0 Å². The Hall–Kier alpha value is -1.80. The molecular weight excluding hydrogens is 258 g/mol. The molecule has 1 amide bonds. The standard InChI is InChI=1S/C16H14ClNO/c1-11-6-9-15-13(10-11)8-7-12-4-2-3-5-14(12)18(15)16(17)19/h2-6,9-10H,7-8H2,1H3. The first-order chi connectivity index (χ1) is 9.16. The molecule has 2 aromatic rings. The van der Waals surface area contributed by atoms with Crippen molar-refractivity contribution in [3.63, 3.8) is 0 Å². The molecule has 2 nitrogen and oxygen atoms in total. The fraction of sp³-hybridized carbons (Fsp3) is 0.188. The average molecular weight is 272 g/mol. The molecule has 1 aliphatic rings. The van der Waals surface area contributed by atoms with E-state index >= 15 is 0 Å². The first kappa shape index (κ1) is 12.2. The van der Waals surface area contributed by atoms with Gasteiger partial charge in [0.15, 0.2) is 0 Å². The van der Waals surface area contributed by atoms with Crippen LogP contribution in [0.2, 0.25) is 0 Å². The third kappa shape index (κ3) is 2.13. The van der Waals surface area contributed by atoms with Gasteiger partial charge in [0, 0.05) is 0 Å². The maximum atomic E-state index is 11.9. The van der Waals surface area contributed by atoms with E-state index in [4.69, 9.17) is 11.6 Å². The fourth-order valence-corrected chi connectivity index (χ4v) is 2.84. The summed E-state index contributed by atoms with van der Waals surface area (Å²) < 4.78 is 0. The third-order valence-corrected chi connectivity index (χ3v) is 3.72. The fourth-order valence-electron chi connectivity index (χ4n) is 2.66. The molecule has 0 unspecified atom stereocenters. The Labute approximate surface area is 117 Å². The Morgan fingerprint density at radius 1 is 1.05 bits per heavy atom. The smallest absolute Gasteiger partial charge is 0.267 e. The van der Waals surface area contributed by atoms with Crippen molar-refractivity contribution in [2.24, 2.45) is 0 Å². The van der Waals surface area contributed by atoms with Gasteiger partial charge in [0.1, 0.15) is 0 Å². The van der Waals surface area contributed by atoms with Crippen molar-refractivity contribution < 1.29 is 4.79 Å². The lowest BCUT2D eigenvalue weighted by Crippen LogP contribution is -2.20. The van der Waals surface area contributed by atoms with Crippen molar-refractivity contribution >= 4 is 28.3 Å². The van der Waals surface area contributed by atoms with E-state index in [0.29, 0.717) is 0 Å². The van der Waals surface area contributed by atoms with E-state index in [1.807, 2.05) is 30.3 Å². The zero-order valence-electron chi connectivity index (χ0n) is 10.7. The Morgan fingerprint density at radius 2 is 1.74 bits per heavy atom. The van der Waals surface area contributed by atoms with Gasteiger partial charge in [-0.3, -0.25) is 9.69 Å². The monoisotopic (exact) mass is 271 g/mol. The predicted octanol–water partition coefficient (Wildman–Crippen LogP) is 4.59. The van der Waals surface area contributed by atoms with Crippen molar-refractivity contribution in [3.8, 4) is 0 Å². The molecule has 19 heavy (non-hydrogen) atoms. The highest BCUT2D eigenvalue weighted by Gasteiger charge is 2.24. The second-order valence-corrected chi connectivity index (χ2v) is 5.17. The number of halogens is 1. The summed E-state index contributed by atoms with van der Waals surface area (Å²) in [6.45, 7) is 2.06. The topological polar surface area (TPSA) is 20.3 Å². The van der Waals surface area contributed by atoms with Gasteiger partial charge in [-0.2, -0.15) is 0 Å². The summed E-state index contributed by atoms with van der Waals surface area (Å²) in [6.07, 6.45) is 1.85. The molecular formula is C16H14ClNO. The highest BCUT2D eigenvalue weighted by atomic mass is 35.5. The van der Waals surface area contributed by atoms with E-state index in [0.717, 1.165) is 29.8 Å². The van der Waals surface area contributed by atoms with Crippen LogP contribution in [0.25, 0.3) is 0 Å². The number of benzene rings is 2. The van der Waals surface area contributed by atoms with Crippen LogP contribution in [0.5, 0.6) is 0 Å². The molecule has 0 spiro atoms. The Balaban J connectivity index is 2.24. The molecule has 1 heterocycles.